The predicted molar refractivity (Wildman–Crippen MR) is 88.6 cm³/mol. The van der Waals surface area contributed by atoms with Crippen LogP contribution >= 0.6 is 0 Å². The van der Waals surface area contributed by atoms with Gasteiger partial charge in [0.05, 0.1) is 11.6 Å². The quantitative estimate of drug-likeness (QED) is 0.722. The molecular formula is C17H21N3O5. The second-order valence-electron chi connectivity index (χ2n) is 5.33. The lowest BCUT2D eigenvalue weighted by Gasteiger charge is -2.14. The molecule has 0 heterocycles. The Morgan fingerprint density at radius 1 is 1.20 bits per heavy atom. The van der Waals surface area contributed by atoms with Crippen LogP contribution in [0.5, 0.6) is 5.75 Å². The van der Waals surface area contributed by atoms with Crippen LogP contribution in [-0.4, -0.2) is 36.7 Å². The van der Waals surface area contributed by atoms with E-state index in [9.17, 15) is 14.4 Å². The van der Waals surface area contributed by atoms with Gasteiger partial charge in [-0.15, -0.1) is 0 Å². The molecule has 0 aliphatic heterocycles. The van der Waals surface area contributed by atoms with Crippen LogP contribution in [0.15, 0.2) is 24.3 Å². The number of hydrogen-bond donors (Lipinski definition) is 2. The monoisotopic (exact) mass is 347 g/mol. The number of amides is 3. The van der Waals surface area contributed by atoms with E-state index >= 15 is 0 Å². The maximum absolute atomic E-state index is 11.8. The second kappa shape index (κ2) is 9.93. The third-order valence-electron chi connectivity index (χ3n) is 3.22. The number of nitrogens with one attached hydrogen (secondary N) is 2. The molecule has 0 aromatic heterocycles. The number of urea groups is 1. The molecular weight excluding hydrogens is 326 g/mol. The topological polar surface area (TPSA) is 118 Å². The molecule has 134 valence electrons. The number of carbonyl (C=O) groups is 3. The molecule has 0 bridgehead atoms. The first kappa shape index (κ1) is 20.0. The van der Waals surface area contributed by atoms with Crippen molar-refractivity contribution in [2.24, 2.45) is 0 Å². The van der Waals surface area contributed by atoms with Gasteiger partial charge in [0, 0.05) is 6.04 Å². The van der Waals surface area contributed by atoms with Crippen LogP contribution in [0.2, 0.25) is 0 Å². The summed E-state index contributed by atoms with van der Waals surface area (Å²) >= 11 is 0. The maximum Gasteiger partial charge on any atom is 0.347 e. The molecule has 0 saturated heterocycles. The lowest BCUT2D eigenvalue weighted by molar-refractivity contribution is -0.154. The molecule has 0 saturated carbocycles. The Hall–Kier alpha value is -3.08. The third-order valence-corrected chi connectivity index (χ3v) is 3.22. The van der Waals surface area contributed by atoms with Gasteiger partial charge in [0.15, 0.2) is 12.7 Å². The van der Waals surface area contributed by atoms with Crippen LogP contribution < -0.4 is 15.4 Å². The van der Waals surface area contributed by atoms with Gasteiger partial charge < -0.3 is 14.8 Å². The molecule has 0 unspecified atom stereocenters. The molecule has 2 atom stereocenters. The highest BCUT2D eigenvalue weighted by Gasteiger charge is 2.18. The summed E-state index contributed by atoms with van der Waals surface area (Å²) in [5.74, 6) is -1.09. The fourth-order valence-electron chi connectivity index (χ4n) is 1.64. The summed E-state index contributed by atoms with van der Waals surface area (Å²) in [7, 11) is 0. The van der Waals surface area contributed by atoms with Gasteiger partial charge in [0.1, 0.15) is 5.75 Å². The summed E-state index contributed by atoms with van der Waals surface area (Å²) in [6.07, 6.45) is -0.226. The van der Waals surface area contributed by atoms with Crippen molar-refractivity contribution in [1.29, 1.82) is 5.26 Å². The zero-order chi connectivity index (χ0) is 18.8. The van der Waals surface area contributed by atoms with Gasteiger partial charge in [0.25, 0.3) is 5.91 Å². The van der Waals surface area contributed by atoms with Crippen LogP contribution in [0.25, 0.3) is 0 Å². The lowest BCUT2D eigenvalue weighted by atomic mass is 10.2. The van der Waals surface area contributed by atoms with E-state index in [2.05, 4.69) is 10.6 Å². The average molecular weight is 347 g/mol. The number of nitrogens with zero attached hydrogens (tertiary/aromatic N) is 1. The molecule has 0 aliphatic rings. The molecule has 8 nitrogen and oxygen atoms in total. The summed E-state index contributed by atoms with van der Waals surface area (Å²) in [6.45, 7) is 4.57. The molecule has 8 heteroatoms. The number of rotatable bonds is 7. The van der Waals surface area contributed by atoms with Gasteiger partial charge in [-0.3, -0.25) is 10.1 Å². The van der Waals surface area contributed by atoms with Gasteiger partial charge in [-0.05, 0) is 44.5 Å². The zero-order valence-corrected chi connectivity index (χ0v) is 14.4. The minimum absolute atomic E-state index is 0.0730. The van der Waals surface area contributed by atoms with E-state index in [4.69, 9.17) is 14.7 Å². The van der Waals surface area contributed by atoms with Crippen LogP contribution in [0.4, 0.5) is 4.79 Å². The number of nitriles is 1. The first-order chi connectivity index (χ1) is 11.8. The van der Waals surface area contributed by atoms with Gasteiger partial charge in [-0.1, -0.05) is 6.92 Å². The summed E-state index contributed by atoms with van der Waals surface area (Å²) in [5.41, 5.74) is 0.468. The highest BCUT2D eigenvalue weighted by molar-refractivity contribution is 5.95. The van der Waals surface area contributed by atoms with Gasteiger partial charge >= 0.3 is 12.0 Å². The number of esters is 1. The summed E-state index contributed by atoms with van der Waals surface area (Å²) in [4.78, 5) is 34.8. The normalized spacial score (nSPS) is 12.2. The molecule has 1 aromatic carbocycles. The minimum atomic E-state index is -0.949. The minimum Gasteiger partial charge on any atom is -0.479 e. The van der Waals surface area contributed by atoms with Crippen molar-refractivity contribution in [3.63, 3.8) is 0 Å². The first-order valence-corrected chi connectivity index (χ1v) is 7.79. The smallest absolute Gasteiger partial charge is 0.347 e. The molecule has 0 aliphatic carbocycles. The number of benzene rings is 1. The van der Waals surface area contributed by atoms with Crippen molar-refractivity contribution in [1.82, 2.24) is 10.6 Å². The highest BCUT2D eigenvalue weighted by atomic mass is 16.6. The van der Waals surface area contributed by atoms with E-state index in [0.717, 1.165) is 6.42 Å². The van der Waals surface area contributed by atoms with Crippen molar-refractivity contribution in [2.75, 3.05) is 6.61 Å². The van der Waals surface area contributed by atoms with Gasteiger partial charge in [-0.25, -0.2) is 9.59 Å². The molecule has 25 heavy (non-hydrogen) atoms. The Bertz CT molecular complexity index is 651. The number of carbonyl (C=O) groups excluding carboxylic acids is 3. The van der Waals surface area contributed by atoms with E-state index in [1.165, 1.54) is 6.92 Å². The predicted octanol–water partition coefficient (Wildman–Crippen LogP) is 1.49. The van der Waals surface area contributed by atoms with Crippen LogP contribution in [0.3, 0.4) is 0 Å². The van der Waals surface area contributed by atoms with E-state index in [-0.39, 0.29) is 6.04 Å². The van der Waals surface area contributed by atoms with E-state index in [0.29, 0.717) is 11.3 Å². The Kier molecular flexibility index (Phi) is 7.93. The van der Waals surface area contributed by atoms with Crippen molar-refractivity contribution < 1.29 is 23.9 Å². The maximum atomic E-state index is 11.8. The molecule has 0 radical (unpaired) electrons. The molecule has 0 fully saturated rings. The molecule has 1 rings (SSSR count). The average Bonchev–Trinajstić information content (AvgIpc) is 2.59. The third kappa shape index (κ3) is 7.35. The first-order valence-electron chi connectivity index (χ1n) is 7.79. The van der Waals surface area contributed by atoms with E-state index in [1.54, 1.807) is 31.2 Å². The number of hydrogen-bond acceptors (Lipinski definition) is 6. The van der Waals surface area contributed by atoms with Crippen molar-refractivity contribution in [2.45, 2.75) is 39.3 Å². The van der Waals surface area contributed by atoms with Crippen molar-refractivity contribution in [3.8, 4) is 11.8 Å². The van der Waals surface area contributed by atoms with Crippen molar-refractivity contribution >= 4 is 17.9 Å². The molecule has 1 aromatic rings. The fraction of sp³-hybridized carbons (Fsp3) is 0.412. The summed E-state index contributed by atoms with van der Waals surface area (Å²) in [6, 6.07) is 7.46. The Balaban J connectivity index is 2.38. The summed E-state index contributed by atoms with van der Waals surface area (Å²) in [5, 5.41) is 13.3. The largest absolute Gasteiger partial charge is 0.479 e. The van der Waals surface area contributed by atoms with E-state index < -0.39 is 30.6 Å². The van der Waals surface area contributed by atoms with Crippen LogP contribution in [0, 0.1) is 11.3 Å². The summed E-state index contributed by atoms with van der Waals surface area (Å²) < 4.78 is 10.2. The van der Waals surface area contributed by atoms with Gasteiger partial charge in [0.2, 0.25) is 0 Å². The van der Waals surface area contributed by atoms with Gasteiger partial charge in [-0.2, -0.15) is 5.26 Å². The molecule has 2 N–H and O–H groups in total. The van der Waals surface area contributed by atoms with Crippen LogP contribution in [0.1, 0.15) is 32.8 Å². The SMILES string of the molecule is CC[C@H](C)NC(=O)NC(=O)COC(=O)[C@@H](C)Oc1ccc(C#N)cc1. The number of imide groups is 1. The van der Waals surface area contributed by atoms with Crippen LogP contribution in [-0.2, 0) is 14.3 Å². The zero-order valence-electron chi connectivity index (χ0n) is 14.4. The fourth-order valence-corrected chi connectivity index (χ4v) is 1.64. The van der Waals surface area contributed by atoms with E-state index in [1.807, 2.05) is 13.0 Å². The Morgan fingerprint density at radius 2 is 1.84 bits per heavy atom. The second-order valence-corrected chi connectivity index (χ2v) is 5.33. The Morgan fingerprint density at radius 3 is 2.40 bits per heavy atom. The lowest BCUT2D eigenvalue weighted by Crippen LogP contribution is -2.45. The number of ether oxygens (including phenoxy) is 2. The molecule has 0 spiro atoms. The molecule has 3 amide bonds. The van der Waals surface area contributed by atoms with Crippen molar-refractivity contribution in [3.05, 3.63) is 29.8 Å². The Labute approximate surface area is 146 Å². The standard InChI is InChI=1S/C17H21N3O5/c1-4-11(2)19-17(23)20-15(21)10-24-16(22)12(3)25-14-7-5-13(9-18)6-8-14/h5-8,11-12H,4,10H2,1-3H3,(H2,19,20,21,23)/t11-,12+/m0/s1. The highest BCUT2D eigenvalue weighted by Crippen LogP contribution is 2.13.